The van der Waals surface area contributed by atoms with Crippen LogP contribution >= 0.6 is 0 Å². The smallest absolute Gasteiger partial charge is 0.338 e. The van der Waals surface area contributed by atoms with Crippen LogP contribution in [0.4, 0.5) is 4.39 Å². The molecule has 1 unspecified atom stereocenters. The van der Waals surface area contributed by atoms with E-state index in [1.54, 1.807) is 44.2 Å². The second-order valence-corrected chi connectivity index (χ2v) is 20.1. The van der Waals surface area contributed by atoms with Gasteiger partial charge in [-0.05, 0) is 55.3 Å². The van der Waals surface area contributed by atoms with Gasteiger partial charge in [0, 0.05) is 32.1 Å². The Morgan fingerprint density at radius 2 is 1.63 bits per heavy atom. The van der Waals surface area contributed by atoms with Crippen molar-refractivity contribution in [2.45, 2.75) is 135 Å². The first kappa shape index (κ1) is 39.2. The standard InChI is InChI=1S/C38H53FO11Si/c1-10-51(11-2,12-3)50-26-19-38(44)33(48-34(43)25-16-14-13-15-17-25)31-36(9,27(46-21-39)18-28-37(31,20-45-28)49-24(6)41)32(42)30(47-23(5)40)29(22(26)4)35(38,7)8/h13-17,26-28,30-31,33,44H,10-12,18-21H2,1-9H3/t26-,27-,28?,30+,31-,33-,36+,37-,38+/m0/s1. The van der Waals surface area contributed by atoms with Crippen LogP contribution < -0.4 is 0 Å². The Morgan fingerprint density at radius 3 is 2.14 bits per heavy atom. The molecule has 1 aromatic rings. The summed E-state index contributed by atoms with van der Waals surface area (Å²) in [7, 11) is -2.40. The lowest BCUT2D eigenvalue weighted by Crippen LogP contribution is -2.82. The van der Waals surface area contributed by atoms with Gasteiger partial charge in [-0.25, -0.2) is 9.18 Å². The van der Waals surface area contributed by atoms with E-state index >= 15 is 4.79 Å². The predicted molar refractivity (Wildman–Crippen MR) is 186 cm³/mol. The summed E-state index contributed by atoms with van der Waals surface area (Å²) >= 11 is 0. The van der Waals surface area contributed by atoms with Gasteiger partial charge in [-0.3, -0.25) is 14.4 Å². The van der Waals surface area contributed by atoms with E-state index < -0.39 is 97.3 Å². The topological polar surface area (TPSA) is 144 Å². The van der Waals surface area contributed by atoms with Crippen LogP contribution in [-0.2, 0) is 42.5 Å². The first-order valence-electron chi connectivity index (χ1n) is 18.0. The quantitative estimate of drug-likeness (QED) is 0.131. The fourth-order valence-corrected chi connectivity index (χ4v) is 12.5. The second-order valence-electron chi connectivity index (χ2n) is 15.4. The molecule has 0 spiro atoms. The maximum absolute atomic E-state index is 15.5. The minimum Gasteiger partial charge on any atom is -0.455 e. The minimum atomic E-state index is -2.40. The molecule has 1 heterocycles. The number of fused-ring (bicyclic) bond motifs is 5. The fourth-order valence-electron chi connectivity index (χ4n) is 9.62. The summed E-state index contributed by atoms with van der Waals surface area (Å²) in [5.74, 6) is -4.24. The SMILES string of the molecule is CC[Si](CC)(CC)O[C@H]1C[C@@]2(O)[C@@H](OC(=O)c3ccccc3)[C@H]3[C@](C)(C(=O)[C@H](OC(C)=O)C(=C1C)C2(C)C)[C@@H](OCF)CC1OC[C@]13OC(C)=O. The van der Waals surface area contributed by atoms with Crippen molar-refractivity contribution in [1.29, 1.82) is 0 Å². The zero-order valence-electron chi connectivity index (χ0n) is 31.2. The normalized spacial score (nSPS) is 35.7. The molecule has 0 amide bonds. The zero-order chi connectivity index (χ0) is 37.7. The Morgan fingerprint density at radius 1 is 1.00 bits per heavy atom. The van der Waals surface area contributed by atoms with Crippen molar-refractivity contribution in [3.63, 3.8) is 0 Å². The van der Waals surface area contributed by atoms with Crippen molar-refractivity contribution in [2.24, 2.45) is 16.7 Å². The molecule has 2 bridgehead atoms. The van der Waals surface area contributed by atoms with Crippen molar-refractivity contribution in [3.8, 4) is 0 Å². The van der Waals surface area contributed by atoms with E-state index in [4.69, 9.17) is 28.1 Å². The third-order valence-electron chi connectivity index (χ3n) is 12.7. The van der Waals surface area contributed by atoms with Gasteiger partial charge in [0.25, 0.3) is 0 Å². The zero-order valence-corrected chi connectivity index (χ0v) is 32.2. The lowest BCUT2D eigenvalue weighted by atomic mass is 9.44. The number of alkyl halides is 1. The number of carbonyl (C=O) groups excluding carboxylic acids is 4. The number of carbonyl (C=O) groups is 4. The first-order valence-corrected chi connectivity index (χ1v) is 20.5. The van der Waals surface area contributed by atoms with Gasteiger partial charge in [-0.2, -0.15) is 0 Å². The van der Waals surface area contributed by atoms with Crippen LogP contribution in [0.15, 0.2) is 41.5 Å². The molecule has 0 radical (unpaired) electrons. The predicted octanol–water partition coefficient (Wildman–Crippen LogP) is 5.63. The number of aliphatic hydroxyl groups is 1. The van der Waals surface area contributed by atoms with E-state index in [9.17, 15) is 23.9 Å². The molecule has 3 aliphatic carbocycles. The lowest BCUT2D eigenvalue weighted by Gasteiger charge is -2.68. The average molecular weight is 733 g/mol. The molecule has 1 saturated heterocycles. The van der Waals surface area contributed by atoms with Crippen molar-refractivity contribution in [3.05, 3.63) is 47.0 Å². The van der Waals surface area contributed by atoms with Crippen molar-refractivity contribution >= 4 is 32.0 Å². The summed E-state index contributed by atoms with van der Waals surface area (Å²) in [6.45, 7) is 14.0. The molecule has 1 N–H and O–H groups in total. The molecule has 3 fully saturated rings. The number of halogens is 1. The summed E-state index contributed by atoms with van der Waals surface area (Å²) < 4.78 is 51.6. The highest BCUT2D eigenvalue weighted by atomic mass is 28.4. The van der Waals surface area contributed by atoms with E-state index in [1.807, 2.05) is 6.92 Å². The van der Waals surface area contributed by atoms with Crippen molar-refractivity contribution < 1.29 is 56.8 Å². The van der Waals surface area contributed by atoms with E-state index in [-0.39, 0.29) is 25.0 Å². The summed E-state index contributed by atoms with van der Waals surface area (Å²) in [6.07, 6.45) is -6.13. The highest BCUT2D eigenvalue weighted by molar-refractivity contribution is 6.73. The number of ether oxygens (including phenoxy) is 5. The molecule has 51 heavy (non-hydrogen) atoms. The van der Waals surface area contributed by atoms with Crippen LogP contribution in [0.5, 0.6) is 0 Å². The van der Waals surface area contributed by atoms with E-state index in [2.05, 4.69) is 20.8 Å². The van der Waals surface area contributed by atoms with E-state index in [0.29, 0.717) is 11.1 Å². The van der Waals surface area contributed by atoms with Crippen LogP contribution in [0.2, 0.25) is 18.1 Å². The number of esters is 3. The Kier molecular flexibility index (Phi) is 10.9. The number of rotatable bonds is 11. The fraction of sp³-hybridized carbons (Fsp3) is 0.684. The Bertz CT molecular complexity index is 1550. The number of Topliss-reactive ketones (excluding diaryl/α,β-unsaturated/α-hetero) is 1. The molecule has 0 aromatic heterocycles. The number of hydrogen-bond donors (Lipinski definition) is 1. The molecule has 13 heteroatoms. The van der Waals surface area contributed by atoms with Crippen LogP contribution in [0, 0.1) is 16.7 Å². The molecular weight excluding hydrogens is 679 g/mol. The summed E-state index contributed by atoms with van der Waals surface area (Å²) in [4.78, 5) is 55.6. The third-order valence-corrected chi connectivity index (χ3v) is 17.4. The number of hydrogen-bond acceptors (Lipinski definition) is 11. The van der Waals surface area contributed by atoms with Crippen LogP contribution in [0.1, 0.15) is 85.5 Å². The van der Waals surface area contributed by atoms with E-state index in [1.165, 1.54) is 20.8 Å². The first-order chi connectivity index (χ1) is 23.9. The summed E-state index contributed by atoms with van der Waals surface area (Å²) in [5, 5.41) is 13.7. The maximum atomic E-state index is 15.5. The van der Waals surface area contributed by atoms with E-state index in [0.717, 1.165) is 18.1 Å². The van der Waals surface area contributed by atoms with Gasteiger partial charge in [0.15, 0.2) is 32.7 Å². The number of benzene rings is 1. The molecule has 1 aliphatic heterocycles. The highest BCUT2D eigenvalue weighted by Gasteiger charge is 2.78. The molecule has 9 atom stereocenters. The van der Waals surface area contributed by atoms with Gasteiger partial charge in [0.05, 0.1) is 35.7 Å². The molecular formula is C38H53FO11Si. The Balaban J connectivity index is 1.89. The second kappa shape index (κ2) is 14.1. The molecule has 1 aromatic carbocycles. The van der Waals surface area contributed by atoms with Crippen LogP contribution in [0.25, 0.3) is 0 Å². The molecule has 282 valence electrons. The lowest BCUT2D eigenvalue weighted by molar-refractivity contribution is -0.350. The third kappa shape index (κ3) is 6.10. The maximum Gasteiger partial charge on any atom is 0.338 e. The van der Waals surface area contributed by atoms with Gasteiger partial charge in [0.2, 0.25) is 0 Å². The van der Waals surface area contributed by atoms with Crippen molar-refractivity contribution in [2.75, 3.05) is 13.5 Å². The minimum absolute atomic E-state index is 0.0642. The molecule has 5 rings (SSSR count). The Labute approximate surface area is 300 Å². The number of ketones is 1. The summed E-state index contributed by atoms with van der Waals surface area (Å²) in [6, 6.07) is 10.6. The van der Waals surface area contributed by atoms with Gasteiger partial charge in [-0.15, -0.1) is 0 Å². The average Bonchev–Trinajstić information content (AvgIpc) is 3.08. The molecule has 4 aliphatic rings. The largest absolute Gasteiger partial charge is 0.455 e. The van der Waals surface area contributed by atoms with Crippen molar-refractivity contribution in [1.82, 2.24) is 0 Å². The van der Waals surface area contributed by atoms with Crippen LogP contribution in [0.3, 0.4) is 0 Å². The molecule has 2 saturated carbocycles. The monoisotopic (exact) mass is 732 g/mol. The van der Waals surface area contributed by atoms with Gasteiger partial charge in [-0.1, -0.05) is 52.8 Å². The van der Waals surface area contributed by atoms with Gasteiger partial charge >= 0.3 is 17.9 Å². The molecule has 11 nitrogen and oxygen atoms in total. The Hall–Kier alpha value is -2.97. The highest BCUT2D eigenvalue weighted by Crippen LogP contribution is 2.65. The van der Waals surface area contributed by atoms with Crippen LogP contribution in [-0.4, -0.2) is 92.3 Å². The van der Waals surface area contributed by atoms with Gasteiger partial charge in [0.1, 0.15) is 17.8 Å². The summed E-state index contributed by atoms with van der Waals surface area (Å²) in [5.41, 5.74) is -5.78. The van der Waals surface area contributed by atoms with Gasteiger partial charge < -0.3 is 33.2 Å².